The molecular weight excluding hydrogens is 254 g/mol. The Morgan fingerprint density at radius 3 is 2.65 bits per heavy atom. The standard InChI is InChI=1S/C16H29NO3/c1-15(2)14-19-13-12-18-10-8-17-9-11-20-16(17)6-4-3-5-7-16/h1,3-14H2,2H3. The molecule has 1 saturated heterocycles. The summed E-state index contributed by atoms with van der Waals surface area (Å²) in [6.07, 6.45) is 6.33. The van der Waals surface area contributed by atoms with Crippen molar-refractivity contribution in [3.63, 3.8) is 0 Å². The van der Waals surface area contributed by atoms with E-state index in [4.69, 9.17) is 14.2 Å². The molecule has 116 valence electrons. The summed E-state index contributed by atoms with van der Waals surface area (Å²) in [5, 5.41) is 0. The van der Waals surface area contributed by atoms with Crippen LogP contribution >= 0.6 is 0 Å². The van der Waals surface area contributed by atoms with Gasteiger partial charge in [0.15, 0.2) is 0 Å². The Morgan fingerprint density at radius 1 is 1.15 bits per heavy atom. The predicted octanol–water partition coefficient (Wildman–Crippen LogP) is 2.59. The van der Waals surface area contributed by atoms with E-state index in [9.17, 15) is 0 Å². The average molecular weight is 283 g/mol. The van der Waals surface area contributed by atoms with E-state index in [0.29, 0.717) is 19.8 Å². The van der Waals surface area contributed by atoms with Crippen LogP contribution in [0.3, 0.4) is 0 Å². The first kappa shape index (κ1) is 16.0. The zero-order valence-electron chi connectivity index (χ0n) is 12.9. The van der Waals surface area contributed by atoms with E-state index in [0.717, 1.165) is 31.9 Å². The van der Waals surface area contributed by atoms with Crippen LogP contribution in [0.2, 0.25) is 0 Å². The summed E-state index contributed by atoms with van der Waals surface area (Å²) in [7, 11) is 0. The lowest BCUT2D eigenvalue weighted by molar-refractivity contribution is -0.112. The number of nitrogens with zero attached hydrogens (tertiary/aromatic N) is 1. The van der Waals surface area contributed by atoms with E-state index in [1.807, 2.05) is 6.92 Å². The quantitative estimate of drug-likeness (QED) is 0.506. The zero-order chi connectivity index (χ0) is 14.3. The molecule has 0 aromatic rings. The molecule has 1 heterocycles. The third-order valence-corrected chi connectivity index (χ3v) is 4.17. The summed E-state index contributed by atoms with van der Waals surface area (Å²) in [5.41, 5.74) is 1.09. The van der Waals surface area contributed by atoms with Gasteiger partial charge < -0.3 is 14.2 Å². The highest BCUT2D eigenvalue weighted by molar-refractivity contribution is 4.89. The van der Waals surface area contributed by atoms with Gasteiger partial charge in [-0.25, -0.2) is 0 Å². The minimum Gasteiger partial charge on any atom is -0.378 e. The topological polar surface area (TPSA) is 30.9 Å². The number of hydrogen-bond acceptors (Lipinski definition) is 4. The second kappa shape index (κ2) is 8.13. The molecule has 2 rings (SSSR count). The molecule has 2 aliphatic rings. The van der Waals surface area contributed by atoms with E-state index in [1.54, 1.807) is 0 Å². The Morgan fingerprint density at radius 2 is 1.90 bits per heavy atom. The van der Waals surface area contributed by atoms with Gasteiger partial charge in [-0.05, 0) is 32.6 Å². The molecule has 1 spiro atoms. The van der Waals surface area contributed by atoms with Crippen LogP contribution in [0, 0.1) is 0 Å². The molecule has 20 heavy (non-hydrogen) atoms. The van der Waals surface area contributed by atoms with E-state index in [1.165, 1.54) is 32.1 Å². The van der Waals surface area contributed by atoms with Gasteiger partial charge in [0.25, 0.3) is 0 Å². The van der Waals surface area contributed by atoms with Crippen molar-refractivity contribution in [2.45, 2.75) is 44.8 Å². The highest BCUT2D eigenvalue weighted by Gasteiger charge is 2.42. The number of hydrogen-bond donors (Lipinski definition) is 0. The molecule has 1 aliphatic carbocycles. The van der Waals surface area contributed by atoms with Crippen molar-refractivity contribution in [2.75, 3.05) is 46.1 Å². The predicted molar refractivity (Wildman–Crippen MR) is 79.8 cm³/mol. The Labute approximate surface area is 123 Å². The van der Waals surface area contributed by atoms with Crippen LogP contribution in [-0.4, -0.2) is 56.7 Å². The Bertz CT molecular complexity index is 300. The van der Waals surface area contributed by atoms with Crippen LogP contribution in [0.25, 0.3) is 0 Å². The minimum atomic E-state index is 0.0397. The van der Waals surface area contributed by atoms with Gasteiger partial charge >= 0.3 is 0 Å². The largest absolute Gasteiger partial charge is 0.378 e. The molecule has 4 nitrogen and oxygen atoms in total. The maximum absolute atomic E-state index is 6.05. The fraction of sp³-hybridized carbons (Fsp3) is 0.875. The highest BCUT2D eigenvalue weighted by atomic mass is 16.5. The molecular formula is C16H29NO3. The first-order valence-corrected chi connectivity index (χ1v) is 7.92. The highest BCUT2D eigenvalue weighted by Crippen LogP contribution is 2.37. The van der Waals surface area contributed by atoms with Crippen molar-refractivity contribution in [1.29, 1.82) is 0 Å². The first-order valence-electron chi connectivity index (χ1n) is 7.92. The molecule has 1 aliphatic heterocycles. The van der Waals surface area contributed by atoms with Crippen LogP contribution < -0.4 is 0 Å². The number of ether oxygens (including phenoxy) is 3. The van der Waals surface area contributed by atoms with Gasteiger partial charge in [-0.3, -0.25) is 4.90 Å². The van der Waals surface area contributed by atoms with Crippen molar-refractivity contribution in [1.82, 2.24) is 4.90 Å². The monoisotopic (exact) mass is 283 g/mol. The third-order valence-electron chi connectivity index (χ3n) is 4.17. The Hall–Kier alpha value is -0.420. The molecule has 0 atom stereocenters. The lowest BCUT2D eigenvalue weighted by Gasteiger charge is -2.40. The molecule has 0 N–H and O–H groups in total. The van der Waals surface area contributed by atoms with Crippen molar-refractivity contribution in [2.24, 2.45) is 0 Å². The molecule has 0 bridgehead atoms. The lowest BCUT2D eigenvalue weighted by Crippen LogP contribution is -2.47. The van der Waals surface area contributed by atoms with Gasteiger partial charge in [-0.2, -0.15) is 0 Å². The first-order chi connectivity index (χ1) is 9.73. The summed E-state index contributed by atoms with van der Waals surface area (Å²) in [5.74, 6) is 0. The normalized spacial score (nSPS) is 22.4. The second-order valence-electron chi connectivity index (χ2n) is 5.96. The minimum absolute atomic E-state index is 0.0397. The molecule has 4 heteroatoms. The molecule has 0 radical (unpaired) electrons. The summed E-state index contributed by atoms with van der Waals surface area (Å²) in [4.78, 5) is 2.49. The zero-order valence-corrected chi connectivity index (χ0v) is 12.9. The Kier molecular flexibility index (Phi) is 6.49. The van der Waals surface area contributed by atoms with Gasteiger partial charge in [-0.1, -0.05) is 18.6 Å². The van der Waals surface area contributed by atoms with E-state index in [-0.39, 0.29) is 5.72 Å². The van der Waals surface area contributed by atoms with Crippen molar-refractivity contribution >= 4 is 0 Å². The van der Waals surface area contributed by atoms with Gasteiger partial charge in [0, 0.05) is 13.1 Å². The lowest BCUT2D eigenvalue weighted by atomic mass is 9.91. The van der Waals surface area contributed by atoms with Gasteiger partial charge in [0.2, 0.25) is 0 Å². The van der Waals surface area contributed by atoms with Crippen LogP contribution in [-0.2, 0) is 14.2 Å². The fourth-order valence-corrected chi connectivity index (χ4v) is 3.16. The second-order valence-corrected chi connectivity index (χ2v) is 5.96. The fourth-order valence-electron chi connectivity index (χ4n) is 3.16. The van der Waals surface area contributed by atoms with Crippen molar-refractivity contribution in [3.8, 4) is 0 Å². The Balaban J connectivity index is 1.58. The molecule has 0 amide bonds. The maximum Gasteiger partial charge on any atom is 0.121 e. The molecule has 0 unspecified atom stereocenters. The van der Waals surface area contributed by atoms with E-state index >= 15 is 0 Å². The smallest absolute Gasteiger partial charge is 0.121 e. The van der Waals surface area contributed by atoms with Gasteiger partial charge in [0.1, 0.15) is 5.72 Å². The maximum atomic E-state index is 6.05. The molecule has 1 saturated carbocycles. The number of rotatable bonds is 8. The average Bonchev–Trinajstić information content (AvgIpc) is 2.81. The summed E-state index contributed by atoms with van der Waals surface area (Å²) in [6.45, 7) is 11.4. The van der Waals surface area contributed by atoms with E-state index < -0.39 is 0 Å². The van der Waals surface area contributed by atoms with Crippen LogP contribution in [0.4, 0.5) is 0 Å². The van der Waals surface area contributed by atoms with Crippen molar-refractivity contribution < 1.29 is 14.2 Å². The van der Waals surface area contributed by atoms with Crippen LogP contribution in [0.5, 0.6) is 0 Å². The summed E-state index contributed by atoms with van der Waals surface area (Å²) >= 11 is 0. The SMILES string of the molecule is C=C(C)COCCOCCN1CCOC12CCCCC2. The molecule has 0 aromatic heterocycles. The third kappa shape index (κ3) is 4.55. The summed E-state index contributed by atoms with van der Waals surface area (Å²) < 4.78 is 17.1. The summed E-state index contributed by atoms with van der Waals surface area (Å²) in [6, 6.07) is 0. The van der Waals surface area contributed by atoms with E-state index in [2.05, 4.69) is 11.5 Å². The van der Waals surface area contributed by atoms with Crippen LogP contribution in [0.1, 0.15) is 39.0 Å². The van der Waals surface area contributed by atoms with Gasteiger partial charge in [0.05, 0.1) is 33.0 Å². The molecule has 2 fully saturated rings. The van der Waals surface area contributed by atoms with Gasteiger partial charge in [-0.15, -0.1) is 0 Å². The molecule has 0 aromatic carbocycles. The van der Waals surface area contributed by atoms with Crippen molar-refractivity contribution in [3.05, 3.63) is 12.2 Å². The van der Waals surface area contributed by atoms with Crippen LogP contribution in [0.15, 0.2) is 12.2 Å².